The Morgan fingerprint density at radius 1 is 1.24 bits per heavy atom. The van der Waals surface area contributed by atoms with Crippen LogP contribution in [-0.4, -0.2) is 17.6 Å². The van der Waals surface area contributed by atoms with Crippen molar-refractivity contribution in [2.75, 3.05) is 17.6 Å². The number of hydrogen-bond donors (Lipinski definition) is 4. The fraction of sp³-hybridized carbons (Fsp3) is 0.133. The molecule has 21 heavy (non-hydrogen) atoms. The van der Waals surface area contributed by atoms with Crippen LogP contribution in [0.4, 0.5) is 15.8 Å². The maximum atomic E-state index is 13.6. The minimum Gasteiger partial charge on any atom is -0.399 e. The predicted molar refractivity (Wildman–Crippen MR) is 79.2 cm³/mol. The van der Waals surface area contributed by atoms with Crippen LogP contribution in [0.1, 0.15) is 22.0 Å². The number of nitrogen functional groups attached to an aromatic ring is 1. The molecule has 1 amide bonds. The van der Waals surface area contributed by atoms with Crippen LogP contribution >= 0.6 is 0 Å². The first-order chi connectivity index (χ1) is 9.99. The van der Waals surface area contributed by atoms with E-state index in [0.29, 0.717) is 11.3 Å². The van der Waals surface area contributed by atoms with Crippen molar-refractivity contribution in [2.24, 2.45) is 5.73 Å². The van der Waals surface area contributed by atoms with Gasteiger partial charge in [-0.3, -0.25) is 4.79 Å². The second-order valence-corrected chi connectivity index (χ2v) is 4.59. The highest BCUT2D eigenvalue weighted by molar-refractivity contribution is 5.98. The lowest BCUT2D eigenvalue weighted by atomic mass is 10.1. The highest BCUT2D eigenvalue weighted by atomic mass is 19.1. The predicted octanol–water partition coefficient (Wildman–Crippen LogP) is 1.65. The van der Waals surface area contributed by atoms with E-state index < -0.39 is 17.8 Å². The van der Waals surface area contributed by atoms with E-state index in [1.165, 1.54) is 12.1 Å². The Hall–Kier alpha value is -2.60. The first-order valence-electron chi connectivity index (χ1n) is 6.34. The number of amides is 1. The van der Waals surface area contributed by atoms with Gasteiger partial charge in [0.15, 0.2) is 0 Å². The van der Waals surface area contributed by atoms with Gasteiger partial charge in [-0.1, -0.05) is 18.2 Å². The van der Waals surface area contributed by atoms with Gasteiger partial charge in [-0.15, -0.1) is 0 Å². The van der Waals surface area contributed by atoms with Crippen molar-refractivity contribution in [1.82, 2.24) is 0 Å². The number of nitrogens with one attached hydrogen (secondary N) is 1. The average molecular weight is 289 g/mol. The molecule has 0 aliphatic carbocycles. The minimum atomic E-state index is -0.863. The first-order valence-corrected chi connectivity index (χ1v) is 6.34. The molecule has 6 heteroatoms. The zero-order valence-electron chi connectivity index (χ0n) is 11.2. The highest BCUT2D eigenvalue weighted by Gasteiger charge is 2.15. The maximum absolute atomic E-state index is 13.6. The van der Waals surface area contributed by atoms with Crippen LogP contribution in [0.25, 0.3) is 0 Å². The normalized spacial score (nSPS) is 11.9. The van der Waals surface area contributed by atoms with E-state index in [4.69, 9.17) is 11.5 Å². The van der Waals surface area contributed by atoms with E-state index in [-0.39, 0.29) is 17.8 Å². The fourth-order valence-electron chi connectivity index (χ4n) is 1.96. The Labute approximate surface area is 121 Å². The Balaban J connectivity index is 2.11. The lowest BCUT2D eigenvalue weighted by Crippen LogP contribution is -2.19. The van der Waals surface area contributed by atoms with Gasteiger partial charge in [0, 0.05) is 12.2 Å². The summed E-state index contributed by atoms with van der Waals surface area (Å²) in [5.41, 5.74) is 12.0. The number of carbonyl (C=O) groups excluding carboxylic acids is 1. The molecule has 0 saturated heterocycles. The number of aliphatic hydroxyl groups excluding tert-OH is 1. The molecule has 2 aromatic rings. The third kappa shape index (κ3) is 3.49. The van der Waals surface area contributed by atoms with E-state index >= 15 is 0 Å². The van der Waals surface area contributed by atoms with Gasteiger partial charge in [0.05, 0.1) is 17.4 Å². The van der Waals surface area contributed by atoms with Gasteiger partial charge in [0.1, 0.15) is 5.82 Å². The van der Waals surface area contributed by atoms with Crippen LogP contribution in [0, 0.1) is 5.82 Å². The number of hydrogen-bond acceptors (Lipinski definition) is 4. The number of halogens is 1. The molecule has 2 rings (SSSR count). The largest absolute Gasteiger partial charge is 0.399 e. The van der Waals surface area contributed by atoms with Crippen LogP contribution < -0.4 is 16.8 Å². The fourth-order valence-corrected chi connectivity index (χ4v) is 1.96. The molecular formula is C15H16FN3O2. The molecule has 5 nitrogen and oxygen atoms in total. The van der Waals surface area contributed by atoms with Gasteiger partial charge in [0.25, 0.3) is 5.91 Å². The first kappa shape index (κ1) is 14.8. The zero-order valence-corrected chi connectivity index (χ0v) is 11.2. The molecular weight excluding hydrogens is 273 g/mol. The molecule has 0 aromatic heterocycles. The van der Waals surface area contributed by atoms with Gasteiger partial charge in [0.2, 0.25) is 0 Å². The Bertz CT molecular complexity index is 644. The van der Waals surface area contributed by atoms with Gasteiger partial charge >= 0.3 is 0 Å². The molecule has 1 atom stereocenters. The number of benzene rings is 2. The molecule has 0 radical (unpaired) electrons. The number of aliphatic hydroxyl groups is 1. The van der Waals surface area contributed by atoms with Crippen molar-refractivity contribution >= 4 is 17.3 Å². The molecule has 6 N–H and O–H groups in total. The third-order valence-corrected chi connectivity index (χ3v) is 3.07. The van der Waals surface area contributed by atoms with Gasteiger partial charge in [-0.05, 0) is 29.8 Å². The maximum Gasteiger partial charge on any atom is 0.253 e. The number of primary amides is 1. The Morgan fingerprint density at radius 3 is 2.52 bits per heavy atom. The molecule has 110 valence electrons. The smallest absolute Gasteiger partial charge is 0.253 e. The lowest BCUT2D eigenvalue weighted by Gasteiger charge is -2.15. The second-order valence-electron chi connectivity index (χ2n) is 4.59. The quantitative estimate of drug-likeness (QED) is 0.629. The average Bonchev–Trinajstić information content (AvgIpc) is 2.45. The lowest BCUT2D eigenvalue weighted by molar-refractivity contribution is 0.0997. The summed E-state index contributed by atoms with van der Waals surface area (Å²) in [4.78, 5) is 11.3. The minimum absolute atomic E-state index is 0.105. The van der Waals surface area contributed by atoms with E-state index in [9.17, 15) is 14.3 Å². The summed E-state index contributed by atoms with van der Waals surface area (Å²) < 4.78 is 13.6. The summed E-state index contributed by atoms with van der Waals surface area (Å²) in [6, 6.07) is 10.9. The van der Waals surface area contributed by atoms with E-state index in [0.717, 1.165) is 6.07 Å². The molecule has 0 heterocycles. The summed E-state index contributed by atoms with van der Waals surface area (Å²) in [6.07, 6.45) is -0.824. The Kier molecular flexibility index (Phi) is 4.39. The SMILES string of the molecule is NC(=O)c1c(F)cccc1NCC(O)c1ccc(N)cc1. The molecule has 0 fully saturated rings. The van der Waals surface area contributed by atoms with Gasteiger partial charge < -0.3 is 21.9 Å². The third-order valence-electron chi connectivity index (χ3n) is 3.07. The number of carbonyl (C=O) groups is 1. The van der Waals surface area contributed by atoms with Crippen molar-refractivity contribution in [3.63, 3.8) is 0 Å². The van der Waals surface area contributed by atoms with Crippen LogP contribution in [0.5, 0.6) is 0 Å². The van der Waals surface area contributed by atoms with Crippen LogP contribution in [0.2, 0.25) is 0 Å². The highest BCUT2D eigenvalue weighted by Crippen LogP contribution is 2.20. The molecule has 2 aromatic carbocycles. The van der Waals surface area contributed by atoms with Crippen molar-refractivity contribution in [2.45, 2.75) is 6.10 Å². The van der Waals surface area contributed by atoms with Crippen LogP contribution in [0.3, 0.4) is 0 Å². The molecule has 0 aliphatic rings. The number of rotatable bonds is 5. The molecule has 0 saturated carbocycles. The Morgan fingerprint density at radius 2 is 1.90 bits per heavy atom. The van der Waals surface area contributed by atoms with Crippen molar-refractivity contribution in [3.8, 4) is 0 Å². The monoisotopic (exact) mass is 289 g/mol. The summed E-state index contributed by atoms with van der Waals surface area (Å²) in [5.74, 6) is -1.56. The van der Waals surface area contributed by atoms with Crippen LogP contribution in [0.15, 0.2) is 42.5 Å². The molecule has 0 bridgehead atoms. The second kappa shape index (κ2) is 6.23. The number of nitrogens with two attached hydrogens (primary N) is 2. The standard InChI is InChI=1S/C15H16FN3O2/c16-11-2-1-3-12(14(11)15(18)21)19-8-13(20)9-4-6-10(17)7-5-9/h1-7,13,19-20H,8,17H2,(H2,18,21). The molecule has 0 spiro atoms. The van der Waals surface area contributed by atoms with Gasteiger partial charge in [-0.25, -0.2) is 4.39 Å². The van der Waals surface area contributed by atoms with Crippen molar-refractivity contribution in [1.29, 1.82) is 0 Å². The summed E-state index contributed by atoms with van der Waals surface area (Å²) >= 11 is 0. The van der Waals surface area contributed by atoms with Crippen LogP contribution in [-0.2, 0) is 0 Å². The van der Waals surface area contributed by atoms with E-state index in [1.807, 2.05) is 0 Å². The van der Waals surface area contributed by atoms with E-state index in [2.05, 4.69) is 5.32 Å². The molecule has 0 aliphatic heterocycles. The molecule has 1 unspecified atom stereocenters. The van der Waals surface area contributed by atoms with Gasteiger partial charge in [-0.2, -0.15) is 0 Å². The van der Waals surface area contributed by atoms with Crippen molar-refractivity contribution in [3.05, 3.63) is 59.4 Å². The number of anilines is 2. The summed E-state index contributed by atoms with van der Waals surface area (Å²) in [6.45, 7) is 0.105. The van der Waals surface area contributed by atoms with E-state index in [1.54, 1.807) is 24.3 Å². The van der Waals surface area contributed by atoms with Crippen molar-refractivity contribution < 1.29 is 14.3 Å². The zero-order chi connectivity index (χ0) is 15.4. The summed E-state index contributed by atoms with van der Waals surface area (Å²) in [7, 11) is 0. The summed E-state index contributed by atoms with van der Waals surface area (Å²) in [5, 5.41) is 12.9. The topological polar surface area (TPSA) is 101 Å².